The molecule has 1 aliphatic rings. The molecule has 0 radical (unpaired) electrons. The van der Waals surface area contributed by atoms with Crippen molar-refractivity contribution in [3.05, 3.63) is 35.9 Å². The predicted octanol–water partition coefficient (Wildman–Crippen LogP) is 1.31. The van der Waals surface area contributed by atoms with Crippen molar-refractivity contribution in [1.29, 1.82) is 0 Å². The van der Waals surface area contributed by atoms with Gasteiger partial charge in [0.15, 0.2) is 5.78 Å². The minimum Gasteiger partial charge on any atom is -0.296 e. The molecule has 0 aromatic heterocycles. The van der Waals surface area contributed by atoms with Crippen LogP contribution in [0.5, 0.6) is 0 Å². The standard InChI is InChI=1S/C13H13NO3/c15-11(9-4-2-1-3-5-9)8-10-6-7-12(16)14-13(10)17/h1-5,10H,6-8H2,(H,14,16,17). The zero-order valence-corrected chi connectivity index (χ0v) is 9.31. The van der Waals surface area contributed by atoms with Gasteiger partial charge in [-0.25, -0.2) is 0 Å². The van der Waals surface area contributed by atoms with E-state index >= 15 is 0 Å². The van der Waals surface area contributed by atoms with E-state index in [9.17, 15) is 14.4 Å². The van der Waals surface area contributed by atoms with Gasteiger partial charge < -0.3 is 0 Å². The molecule has 0 aliphatic carbocycles. The van der Waals surface area contributed by atoms with Gasteiger partial charge in [0.1, 0.15) is 0 Å². The van der Waals surface area contributed by atoms with Gasteiger partial charge in [-0.15, -0.1) is 0 Å². The number of rotatable bonds is 3. The molecule has 1 saturated heterocycles. The summed E-state index contributed by atoms with van der Waals surface area (Å²) in [7, 11) is 0. The zero-order valence-electron chi connectivity index (χ0n) is 9.31. The molecule has 0 bridgehead atoms. The summed E-state index contributed by atoms with van der Waals surface area (Å²) in [5, 5.41) is 2.26. The lowest BCUT2D eigenvalue weighted by Gasteiger charge is -2.19. The highest BCUT2D eigenvalue weighted by atomic mass is 16.2. The van der Waals surface area contributed by atoms with Crippen LogP contribution >= 0.6 is 0 Å². The maximum absolute atomic E-state index is 11.9. The molecule has 0 saturated carbocycles. The van der Waals surface area contributed by atoms with Crippen molar-refractivity contribution in [3.8, 4) is 0 Å². The number of piperidine rings is 1. The number of nitrogens with one attached hydrogen (secondary N) is 1. The van der Waals surface area contributed by atoms with Crippen molar-refractivity contribution in [2.75, 3.05) is 0 Å². The van der Waals surface area contributed by atoms with Gasteiger partial charge in [-0.1, -0.05) is 30.3 Å². The molecule has 1 heterocycles. The second kappa shape index (κ2) is 4.91. The van der Waals surface area contributed by atoms with Crippen LogP contribution < -0.4 is 5.32 Å². The monoisotopic (exact) mass is 231 g/mol. The summed E-state index contributed by atoms with van der Waals surface area (Å²) in [6.45, 7) is 0. The minimum absolute atomic E-state index is 0.0555. The molecule has 4 heteroatoms. The Morgan fingerprint density at radius 3 is 2.59 bits per heavy atom. The molecule has 1 fully saturated rings. The third-order valence-electron chi connectivity index (χ3n) is 2.88. The molecular formula is C13H13NO3. The number of hydrogen-bond donors (Lipinski definition) is 1. The Hall–Kier alpha value is -1.97. The first-order valence-electron chi connectivity index (χ1n) is 5.59. The lowest BCUT2D eigenvalue weighted by molar-refractivity contribution is -0.136. The van der Waals surface area contributed by atoms with E-state index < -0.39 is 0 Å². The number of benzene rings is 1. The summed E-state index contributed by atoms with van der Waals surface area (Å²) < 4.78 is 0. The number of carbonyl (C=O) groups excluding carboxylic acids is 3. The van der Waals surface area contributed by atoms with E-state index in [-0.39, 0.29) is 29.9 Å². The van der Waals surface area contributed by atoms with Gasteiger partial charge in [-0.05, 0) is 6.42 Å². The number of ketones is 1. The van der Waals surface area contributed by atoms with Crippen molar-refractivity contribution in [1.82, 2.24) is 5.32 Å². The zero-order chi connectivity index (χ0) is 12.3. The summed E-state index contributed by atoms with van der Waals surface area (Å²) in [6, 6.07) is 8.88. The third kappa shape index (κ3) is 2.78. The molecule has 2 amide bonds. The molecule has 2 rings (SSSR count). The Kier molecular flexibility index (Phi) is 3.32. The van der Waals surface area contributed by atoms with Crippen LogP contribution in [0.25, 0.3) is 0 Å². The molecule has 1 N–H and O–H groups in total. The number of hydrogen-bond acceptors (Lipinski definition) is 3. The molecule has 0 spiro atoms. The highest BCUT2D eigenvalue weighted by Gasteiger charge is 2.28. The number of Topliss-reactive ketones (excluding diaryl/α,β-unsaturated/α-hetero) is 1. The normalized spacial score (nSPS) is 19.9. The van der Waals surface area contributed by atoms with Crippen LogP contribution in [-0.4, -0.2) is 17.6 Å². The van der Waals surface area contributed by atoms with Crippen LogP contribution in [0.3, 0.4) is 0 Å². The van der Waals surface area contributed by atoms with Crippen LogP contribution in [0.4, 0.5) is 0 Å². The first-order valence-corrected chi connectivity index (χ1v) is 5.59. The van der Waals surface area contributed by atoms with Gasteiger partial charge in [0, 0.05) is 24.3 Å². The number of amides is 2. The number of carbonyl (C=O) groups is 3. The van der Waals surface area contributed by atoms with Crippen LogP contribution in [0, 0.1) is 5.92 Å². The Morgan fingerprint density at radius 2 is 1.94 bits per heavy atom. The SMILES string of the molecule is O=C1CCC(CC(=O)c2ccccc2)C(=O)N1. The fraction of sp³-hybridized carbons (Fsp3) is 0.308. The van der Waals surface area contributed by atoms with Gasteiger partial charge in [-0.3, -0.25) is 19.7 Å². The summed E-state index contributed by atoms with van der Waals surface area (Å²) >= 11 is 0. The van der Waals surface area contributed by atoms with Crippen LogP contribution in [0.2, 0.25) is 0 Å². The smallest absolute Gasteiger partial charge is 0.230 e. The third-order valence-corrected chi connectivity index (χ3v) is 2.88. The van der Waals surface area contributed by atoms with Gasteiger partial charge >= 0.3 is 0 Å². The summed E-state index contributed by atoms with van der Waals surface area (Å²) in [5.74, 6) is -1.01. The first kappa shape index (κ1) is 11.5. The van der Waals surface area contributed by atoms with Crippen LogP contribution in [0.1, 0.15) is 29.6 Å². The van der Waals surface area contributed by atoms with E-state index in [1.54, 1.807) is 24.3 Å². The highest BCUT2D eigenvalue weighted by molar-refractivity contribution is 6.03. The molecule has 17 heavy (non-hydrogen) atoms. The van der Waals surface area contributed by atoms with Crippen molar-refractivity contribution in [3.63, 3.8) is 0 Å². The Bertz CT molecular complexity index is 453. The second-order valence-electron chi connectivity index (χ2n) is 4.14. The molecule has 1 aromatic rings. The number of imide groups is 1. The molecule has 1 aromatic carbocycles. The molecule has 1 aliphatic heterocycles. The van der Waals surface area contributed by atoms with Gasteiger partial charge in [0.2, 0.25) is 11.8 Å². The maximum Gasteiger partial charge on any atom is 0.230 e. The van der Waals surface area contributed by atoms with E-state index in [0.29, 0.717) is 18.4 Å². The maximum atomic E-state index is 11.9. The first-order chi connectivity index (χ1) is 8.16. The van der Waals surface area contributed by atoms with Crippen LogP contribution in [0.15, 0.2) is 30.3 Å². The summed E-state index contributed by atoms with van der Waals surface area (Å²) in [5.41, 5.74) is 0.609. The predicted molar refractivity (Wildman–Crippen MR) is 61.3 cm³/mol. The van der Waals surface area contributed by atoms with E-state index in [2.05, 4.69) is 5.32 Å². The molecule has 1 unspecified atom stereocenters. The van der Waals surface area contributed by atoms with Gasteiger partial charge in [-0.2, -0.15) is 0 Å². The van der Waals surface area contributed by atoms with E-state index in [1.165, 1.54) is 0 Å². The fourth-order valence-electron chi connectivity index (χ4n) is 1.90. The Balaban J connectivity index is 2.00. The summed E-state index contributed by atoms with van der Waals surface area (Å²) in [4.78, 5) is 34.3. The Labute approximate surface area is 99.0 Å². The topological polar surface area (TPSA) is 63.2 Å². The van der Waals surface area contributed by atoms with Crippen molar-refractivity contribution < 1.29 is 14.4 Å². The van der Waals surface area contributed by atoms with Gasteiger partial charge in [0.25, 0.3) is 0 Å². The second-order valence-corrected chi connectivity index (χ2v) is 4.14. The lowest BCUT2D eigenvalue weighted by Crippen LogP contribution is -2.41. The summed E-state index contributed by atoms with van der Waals surface area (Å²) in [6.07, 6.45) is 0.949. The van der Waals surface area contributed by atoms with E-state index in [1.807, 2.05) is 6.07 Å². The minimum atomic E-state index is -0.375. The molecular weight excluding hydrogens is 218 g/mol. The quantitative estimate of drug-likeness (QED) is 0.630. The van der Waals surface area contributed by atoms with Crippen molar-refractivity contribution in [2.45, 2.75) is 19.3 Å². The van der Waals surface area contributed by atoms with E-state index in [4.69, 9.17) is 0 Å². The average molecular weight is 231 g/mol. The molecule has 1 atom stereocenters. The molecule has 88 valence electrons. The van der Waals surface area contributed by atoms with Crippen molar-refractivity contribution >= 4 is 17.6 Å². The highest BCUT2D eigenvalue weighted by Crippen LogP contribution is 2.18. The lowest BCUT2D eigenvalue weighted by atomic mass is 9.91. The van der Waals surface area contributed by atoms with Crippen LogP contribution in [-0.2, 0) is 9.59 Å². The van der Waals surface area contributed by atoms with Gasteiger partial charge in [0.05, 0.1) is 0 Å². The fourth-order valence-corrected chi connectivity index (χ4v) is 1.90. The largest absolute Gasteiger partial charge is 0.296 e. The van der Waals surface area contributed by atoms with E-state index in [0.717, 1.165) is 0 Å². The Morgan fingerprint density at radius 1 is 1.24 bits per heavy atom. The average Bonchev–Trinajstić information content (AvgIpc) is 2.34. The molecule has 4 nitrogen and oxygen atoms in total. The van der Waals surface area contributed by atoms with Crippen molar-refractivity contribution in [2.24, 2.45) is 5.92 Å².